The molecular formula is C13H24N2O4. The van der Waals surface area contributed by atoms with Crippen molar-refractivity contribution in [1.29, 1.82) is 0 Å². The second kappa shape index (κ2) is 6.23. The Bertz CT molecular complexity index is 338. The molecule has 2 amide bonds. The molecule has 110 valence electrons. The van der Waals surface area contributed by atoms with Gasteiger partial charge in [0.2, 0.25) is 0 Å². The Morgan fingerprint density at radius 2 is 2.00 bits per heavy atom. The maximum atomic E-state index is 11.8. The van der Waals surface area contributed by atoms with Crippen molar-refractivity contribution in [1.82, 2.24) is 10.6 Å². The quantitative estimate of drug-likeness (QED) is 0.653. The highest BCUT2D eigenvalue weighted by molar-refractivity contribution is 5.87. The van der Waals surface area contributed by atoms with Gasteiger partial charge < -0.3 is 20.5 Å². The van der Waals surface area contributed by atoms with Gasteiger partial charge in [-0.1, -0.05) is 13.8 Å². The molecule has 0 aromatic carbocycles. The Morgan fingerprint density at radius 3 is 2.42 bits per heavy atom. The monoisotopic (exact) mass is 272 g/mol. The van der Waals surface area contributed by atoms with Crippen molar-refractivity contribution in [3.05, 3.63) is 0 Å². The molecule has 0 aliphatic heterocycles. The SMILES string of the molecule is COCCC(C)(C)CNC(=O)NC1(C(=O)O)CCC1. The Balaban J connectivity index is 2.37. The fourth-order valence-electron chi connectivity index (χ4n) is 1.97. The first kappa shape index (κ1) is 15.8. The van der Waals surface area contributed by atoms with Gasteiger partial charge >= 0.3 is 12.0 Å². The highest BCUT2D eigenvalue weighted by atomic mass is 16.5. The molecule has 0 heterocycles. The number of amides is 2. The van der Waals surface area contributed by atoms with Gasteiger partial charge in [-0.3, -0.25) is 0 Å². The van der Waals surface area contributed by atoms with Crippen molar-refractivity contribution < 1.29 is 19.4 Å². The molecule has 1 rings (SSSR count). The zero-order valence-corrected chi connectivity index (χ0v) is 11.9. The van der Waals surface area contributed by atoms with E-state index in [4.69, 9.17) is 9.84 Å². The molecule has 1 aliphatic carbocycles. The van der Waals surface area contributed by atoms with Crippen LogP contribution in [0.3, 0.4) is 0 Å². The zero-order chi connectivity index (χ0) is 14.5. The van der Waals surface area contributed by atoms with Crippen LogP contribution in [0.2, 0.25) is 0 Å². The first-order valence-corrected chi connectivity index (χ1v) is 6.60. The lowest BCUT2D eigenvalue weighted by Crippen LogP contribution is -2.61. The van der Waals surface area contributed by atoms with Crippen LogP contribution in [0.15, 0.2) is 0 Å². The van der Waals surface area contributed by atoms with Gasteiger partial charge in [-0.2, -0.15) is 0 Å². The van der Waals surface area contributed by atoms with E-state index in [9.17, 15) is 9.59 Å². The molecule has 0 radical (unpaired) electrons. The summed E-state index contributed by atoms with van der Waals surface area (Å²) in [5.41, 5.74) is -1.13. The molecule has 0 saturated heterocycles. The average Bonchev–Trinajstić information content (AvgIpc) is 2.28. The second-order valence-corrected chi connectivity index (χ2v) is 5.96. The number of carbonyl (C=O) groups is 2. The normalized spacial score (nSPS) is 17.4. The first-order chi connectivity index (χ1) is 8.81. The highest BCUT2D eigenvalue weighted by Crippen LogP contribution is 2.31. The molecule has 19 heavy (non-hydrogen) atoms. The molecule has 1 fully saturated rings. The number of aliphatic carboxylic acids is 1. The van der Waals surface area contributed by atoms with Gasteiger partial charge in [-0.25, -0.2) is 9.59 Å². The standard InChI is InChI=1S/C13H24N2O4/c1-12(2,7-8-19-3)9-14-11(18)15-13(10(16)17)5-4-6-13/h4-9H2,1-3H3,(H,16,17)(H2,14,15,18). The zero-order valence-electron chi connectivity index (χ0n) is 11.9. The van der Waals surface area contributed by atoms with Crippen molar-refractivity contribution in [2.75, 3.05) is 20.3 Å². The Kier molecular flexibility index (Phi) is 5.17. The Labute approximate surface area is 113 Å². The third-order valence-corrected chi connectivity index (χ3v) is 3.68. The molecular weight excluding hydrogens is 248 g/mol. The summed E-state index contributed by atoms with van der Waals surface area (Å²) in [6.45, 7) is 5.18. The number of hydrogen-bond donors (Lipinski definition) is 3. The van der Waals surface area contributed by atoms with E-state index in [0.29, 0.717) is 26.0 Å². The molecule has 1 aliphatic rings. The van der Waals surface area contributed by atoms with Gasteiger partial charge in [0, 0.05) is 20.3 Å². The van der Waals surface area contributed by atoms with Crippen molar-refractivity contribution in [3.8, 4) is 0 Å². The number of ether oxygens (including phenoxy) is 1. The van der Waals surface area contributed by atoms with Crippen LogP contribution in [0, 0.1) is 5.41 Å². The maximum Gasteiger partial charge on any atom is 0.329 e. The summed E-state index contributed by atoms with van der Waals surface area (Å²) < 4.78 is 5.02. The minimum absolute atomic E-state index is 0.0800. The second-order valence-electron chi connectivity index (χ2n) is 5.96. The summed E-state index contributed by atoms with van der Waals surface area (Å²) in [4.78, 5) is 22.9. The lowest BCUT2D eigenvalue weighted by atomic mass is 9.77. The number of methoxy groups -OCH3 is 1. The van der Waals surface area contributed by atoms with Crippen LogP contribution in [0.25, 0.3) is 0 Å². The van der Waals surface area contributed by atoms with Gasteiger partial charge in [0.15, 0.2) is 0 Å². The lowest BCUT2D eigenvalue weighted by molar-refractivity contribution is -0.148. The smallest absolute Gasteiger partial charge is 0.329 e. The highest BCUT2D eigenvalue weighted by Gasteiger charge is 2.45. The van der Waals surface area contributed by atoms with Crippen molar-refractivity contribution in [3.63, 3.8) is 0 Å². The Hall–Kier alpha value is -1.30. The number of carbonyl (C=O) groups excluding carboxylic acids is 1. The fraction of sp³-hybridized carbons (Fsp3) is 0.846. The third-order valence-electron chi connectivity index (χ3n) is 3.68. The van der Waals surface area contributed by atoms with Crippen LogP contribution in [0.1, 0.15) is 39.5 Å². The summed E-state index contributed by atoms with van der Waals surface area (Å²) in [5.74, 6) is -0.951. The van der Waals surface area contributed by atoms with Gasteiger partial charge in [-0.15, -0.1) is 0 Å². The van der Waals surface area contributed by atoms with Crippen LogP contribution in [0.4, 0.5) is 4.79 Å². The largest absolute Gasteiger partial charge is 0.480 e. The van der Waals surface area contributed by atoms with Crippen LogP contribution >= 0.6 is 0 Å². The molecule has 0 bridgehead atoms. The molecule has 0 atom stereocenters. The molecule has 3 N–H and O–H groups in total. The first-order valence-electron chi connectivity index (χ1n) is 6.60. The van der Waals surface area contributed by atoms with Crippen LogP contribution < -0.4 is 10.6 Å². The van der Waals surface area contributed by atoms with E-state index < -0.39 is 17.5 Å². The molecule has 0 aromatic heterocycles. The molecule has 6 nitrogen and oxygen atoms in total. The van der Waals surface area contributed by atoms with E-state index >= 15 is 0 Å². The van der Waals surface area contributed by atoms with Gasteiger partial charge in [0.25, 0.3) is 0 Å². The summed E-state index contributed by atoms with van der Waals surface area (Å²) in [5, 5.41) is 14.4. The van der Waals surface area contributed by atoms with Crippen LogP contribution in [0.5, 0.6) is 0 Å². The molecule has 0 aromatic rings. The van der Waals surface area contributed by atoms with E-state index in [0.717, 1.165) is 12.8 Å². The molecule has 0 spiro atoms. The minimum atomic E-state index is -1.05. The van der Waals surface area contributed by atoms with Crippen LogP contribution in [-0.2, 0) is 9.53 Å². The number of carboxylic acids is 1. The van der Waals surface area contributed by atoms with E-state index in [1.807, 2.05) is 13.8 Å². The van der Waals surface area contributed by atoms with Gasteiger partial charge in [0.1, 0.15) is 5.54 Å². The predicted octanol–water partition coefficient (Wildman–Crippen LogP) is 1.36. The van der Waals surface area contributed by atoms with E-state index in [-0.39, 0.29) is 5.41 Å². The van der Waals surface area contributed by atoms with E-state index in [2.05, 4.69) is 10.6 Å². The number of carboxylic acid groups (broad SMARTS) is 1. The van der Waals surface area contributed by atoms with Gasteiger partial charge in [-0.05, 0) is 31.1 Å². The topological polar surface area (TPSA) is 87.7 Å². The average molecular weight is 272 g/mol. The maximum absolute atomic E-state index is 11.8. The van der Waals surface area contributed by atoms with Crippen molar-refractivity contribution in [2.24, 2.45) is 5.41 Å². The van der Waals surface area contributed by atoms with E-state index in [1.165, 1.54) is 0 Å². The third kappa shape index (κ3) is 4.38. The summed E-state index contributed by atoms with van der Waals surface area (Å²) >= 11 is 0. The predicted molar refractivity (Wildman–Crippen MR) is 71.0 cm³/mol. The number of hydrogen-bond acceptors (Lipinski definition) is 3. The van der Waals surface area contributed by atoms with Crippen molar-refractivity contribution in [2.45, 2.75) is 45.1 Å². The Morgan fingerprint density at radius 1 is 1.37 bits per heavy atom. The summed E-state index contributed by atoms with van der Waals surface area (Å²) in [7, 11) is 1.64. The molecule has 0 unspecified atom stereocenters. The molecule has 1 saturated carbocycles. The lowest BCUT2D eigenvalue weighted by Gasteiger charge is -2.38. The number of nitrogens with one attached hydrogen (secondary N) is 2. The number of rotatable bonds is 7. The molecule has 6 heteroatoms. The summed E-state index contributed by atoms with van der Waals surface area (Å²) in [6.07, 6.45) is 2.67. The van der Waals surface area contributed by atoms with Gasteiger partial charge in [0.05, 0.1) is 0 Å². The number of urea groups is 1. The van der Waals surface area contributed by atoms with Crippen molar-refractivity contribution >= 4 is 12.0 Å². The minimum Gasteiger partial charge on any atom is -0.480 e. The summed E-state index contributed by atoms with van der Waals surface area (Å²) in [6, 6.07) is -0.410. The fourth-order valence-corrected chi connectivity index (χ4v) is 1.97. The van der Waals surface area contributed by atoms with E-state index in [1.54, 1.807) is 7.11 Å². The van der Waals surface area contributed by atoms with Crippen LogP contribution in [-0.4, -0.2) is 42.9 Å².